The van der Waals surface area contributed by atoms with E-state index in [-0.39, 0.29) is 11.8 Å². The molecule has 0 aliphatic carbocycles. The van der Waals surface area contributed by atoms with Crippen molar-refractivity contribution in [1.29, 1.82) is 0 Å². The van der Waals surface area contributed by atoms with Crippen LogP contribution in [0.5, 0.6) is 0 Å². The van der Waals surface area contributed by atoms with Crippen molar-refractivity contribution in [2.24, 2.45) is 0 Å². The minimum absolute atomic E-state index is 0.113. The first-order chi connectivity index (χ1) is 14.1. The summed E-state index contributed by atoms with van der Waals surface area (Å²) in [6, 6.07) is 19.1. The van der Waals surface area contributed by atoms with Crippen LogP contribution in [-0.2, 0) is 11.3 Å². The molecule has 148 valence electrons. The molecule has 2 amide bonds. The van der Waals surface area contributed by atoms with Crippen LogP contribution in [-0.4, -0.2) is 23.8 Å². The summed E-state index contributed by atoms with van der Waals surface area (Å²) in [6.07, 6.45) is 4.82. The molecule has 2 aromatic carbocycles. The number of anilines is 1. The standard InChI is InChI=1S/C24H25N3O2/c1-3-5-23(28)27(2)22-13-11-20(12-14-22)19-7-9-21(10-8-19)24(29)26-17-18-6-4-15-25-16-18/h4,6-16H,3,5,17H2,1-2H3,(H,26,29). The van der Waals surface area contributed by atoms with E-state index < -0.39 is 0 Å². The molecule has 0 radical (unpaired) electrons. The van der Waals surface area contributed by atoms with Gasteiger partial charge in [-0.3, -0.25) is 14.6 Å². The van der Waals surface area contributed by atoms with Crippen LogP contribution in [0.1, 0.15) is 35.7 Å². The second-order valence-corrected chi connectivity index (χ2v) is 6.87. The molecular formula is C24H25N3O2. The molecule has 0 saturated heterocycles. The molecule has 29 heavy (non-hydrogen) atoms. The first-order valence-electron chi connectivity index (χ1n) is 9.72. The minimum Gasteiger partial charge on any atom is -0.348 e. The van der Waals surface area contributed by atoms with E-state index >= 15 is 0 Å². The van der Waals surface area contributed by atoms with Crippen LogP contribution in [0.4, 0.5) is 5.69 Å². The predicted octanol–water partition coefficient (Wildman–Crippen LogP) is 4.44. The van der Waals surface area contributed by atoms with E-state index in [1.54, 1.807) is 24.3 Å². The van der Waals surface area contributed by atoms with Crippen molar-refractivity contribution in [2.75, 3.05) is 11.9 Å². The zero-order valence-electron chi connectivity index (χ0n) is 16.8. The molecule has 0 aliphatic heterocycles. The zero-order valence-corrected chi connectivity index (χ0v) is 16.8. The third-order valence-corrected chi connectivity index (χ3v) is 4.75. The molecule has 3 rings (SSSR count). The molecule has 0 aliphatic rings. The van der Waals surface area contributed by atoms with Gasteiger partial charge in [0.2, 0.25) is 5.91 Å². The Morgan fingerprint density at radius 2 is 1.62 bits per heavy atom. The van der Waals surface area contributed by atoms with Gasteiger partial charge in [-0.1, -0.05) is 37.3 Å². The maximum atomic E-state index is 12.3. The largest absolute Gasteiger partial charge is 0.348 e. The Morgan fingerprint density at radius 1 is 0.966 bits per heavy atom. The zero-order chi connectivity index (χ0) is 20.6. The number of benzene rings is 2. The van der Waals surface area contributed by atoms with Crippen LogP contribution in [0.2, 0.25) is 0 Å². The smallest absolute Gasteiger partial charge is 0.251 e. The monoisotopic (exact) mass is 387 g/mol. The molecular weight excluding hydrogens is 362 g/mol. The summed E-state index contributed by atoms with van der Waals surface area (Å²) in [5, 5.41) is 2.90. The fraction of sp³-hybridized carbons (Fsp3) is 0.208. The number of carbonyl (C=O) groups is 2. The summed E-state index contributed by atoms with van der Waals surface area (Å²) in [7, 11) is 1.80. The van der Waals surface area contributed by atoms with Crippen molar-refractivity contribution in [2.45, 2.75) is 26.3 Å². The van der Waals surface area contributed by atoms with E-state index in [0.29, 0.717) is 18.5 Å². The molecule has 0 atom stereocenters. The number of aromatic nitrogens is 1. The number of carbonyl (C=O) groups excluding carboxylic acids is 2. The molecule has 0 bridgehead atoms. The van der Waals surface area contributed by atoms with Gasteiger partial charge in [0.1, 0.15) is 0 Å². The molecule has 1 heterocycles. The summed E-state index contributed by atoms with van der Waals surface area (Å²) < 4.78 is 0. The Kier molecular flexibility index (Phi) is 6.74. The van der Waals surface area contributed by atoms with E-state index in [1.807, 2.05) is 67.6 Å². The van der Waals surface area contributed by atoms with E-state index in [1.165, 1.54) is 0 Å². The van der Waals surface area contributed by atoms with Crippen LogP contribution in [0.15, 0.2) is 73.1 Å². The normalized spacial score (nSPS) is 10.4. The van der Waals surface area contributed by atoms with Crippen LogP contribution < -0.4 is 10.2 Å². The quantitative estimate of drug-likeness (QED) is 0.652. The van der Waals surface area contributed by atoms with Crippen molar-refractivity contribution in [3.8, 4) is 11.1 Å². The van der Waals surface area contributed by atoms with Crippen molar-refractivity contribution in [3.63, 3.8) is 0 Å². The molecule has 0 saturated carbocycles. The van der Waals surface area contributed by atoms with Gasteiger partial charge in [0.15, 0.2) is 0 Å². The lowest BCUT2D eigenvalue weighted by atomic mass is 10.0. The Balaban J connectivity index is 1.63. The van der Waals surface area contributed by atoms with Gasteiger partial charge in [-0.25, -0.2) is 0 Å². The second kappa shape index (κ2) is 9.64. The third kappa shape index (κ3) is 5.29. The maximum Gasteiger partial charge on any atom is 0.251 e. The predicted molar refractivity (Wildman–Crippen MR) is 116 cm³/mol. The van der Waals surface area contributed by atoms with Gasteiger partial charge < -0.3 is 10.2 Å². The fourth-order valence-electron chi connectivity index (χ4n) is 3.00. The van der Waals surface area contributed by atoms with E-state index in [9.17, 15) is 9.59 Å². The first kappa shape index (κ1) is 20.3. The number of nitrogens with zero attached hydrogens (tertiary/aromatic N) is 2. The number of rotatable bonds is 7. The van der Waals surface area contributed by atoms with Crippen molar-refractivity contribution >= 4 is 17.5 Å². The average molecular weight is 387 g/mol. The third-order valence-electron chi connectivity index (χ3n) is 4.75. The summed E-state index contributed by atoms with van der Waals surface area (Å²) in [6.45, 7) is 2.44. The Morgan fingerprint density at radius 3 is 2.21 bits per heavy atom. The van der Waals surface area contributed by atoms with Crippen LogP contribution in [0, 0.1) is 0 Å². The van der Waals surface area contributed by atoms with Gasteiger partial charge in [-0.05, 0) is 53.4 Å². The second-order valence-electron chi connectivity index (χ2n) is 6.87. The minimum atomic E-state index is -0.119. The van der Waals surface area contributed by atoms with Gasteiger partial charge >= 0.3 is 0 Å². The highest BCUT2D eigenvalue weighted by Gasteiger charge is 2.10. The van der Waals surface area contributed by atoms with Crippen molar-refractivity contribution in [3.05, 3.63) is 84.2 Å². The molecule has 5 heteroatoms. The average Bonchev–Trinajstić information content (AvgIpc) is 2.78. The van der Waals surface area contributed by atoms with Crippen molar-refractivity contribution < 1.29 is 9.59 Å². The summed E-state index contributed by atoms with van der Waals surface area (Å²) in [5.74, 6) is -0.00582. The highest BCUT2D eigenvalue weighted by molar-refractivity contribution is 5.95. The van der Waals surface area contributed by atoms with Gasteiger partial charge in [0, 0.05) is 43.7 Å². The molecule has 3 aromatic rings. The van der Waals surface area contributed by atoms with Gasteiger partial charge in [-0.15, -0.1) is 0 Å². The van der Waals surface area contributed by atoms with E-state index in [2.05, 4.69) is 10.3 Å². The highest BCUT2D eigenvalue weighted by atomic mass is 16.2. The molecule has 0 spiro atoms. The number of amides is 2. The summed E-state index contributed by atoms with van der Waals surface area (Å²) >= 11 is 0. The number of nitrogens with one attached hydrogen (secondary N) is 1. The van der Waals surface area contributed by atoms with Crippen molar-refractivity contribution in [1.82, 2.24) is 10.3 Å². The maximum absolute atomic E-state index is 12.3. The number of hydrogen-bond acceptors (Lipinski definition) is 3. The SMILES string of the molecule is CCCC(=O)N(C)c1ccc(-c2ccc(C(=O)NCc3cccnc3)cc2)cc1. The molecule has 5 nitrogen and oxygen atoms in total. The van der Waals surface area contributed by atoms with E-state index in [0.717, 1.165) is 28.8 Å². The van der Waals surface area contributed by atoms with Crippen LogP contribution in [0.25, 0.3) is 11.1 Å². The molecule has 1 aromatic heterocycles. The summed E-state index contributed by atoms with van der Waals surface area (Å²) in [4.78, 5) is 30.1. The molecule has 0 fully saturated rings. The topological polar surface area (TPSA) is 62.3 Å². The van der Waals surface area contributed by atoms with Gasteiger partial charge in [0.05, 0.1) is 0 Å². The van der Waals surface area contributed by atoms with Crippen LogP contribution in [0.3, 0.4) is 0 Å². The highest BCUT2D eigenvalue weighted by Crippen LogP contribution is 2.23. The first-order valence-corrected chi connectivity index (χ1v) is 9.72. The molecule has 0 unspecified atom stereocenters. The Bertz CT molecular complexity index is 952. The number of pyridine rings is 1. The summed E-state index contributed by atoms with van der Waals surface area (Å²) in [5.41, 5.74) is 4.49. The lowest BCUT2D eigenvalue weighted by Crippen LogP contribution is -2.25. The lowest BCUT2D eigenvalue weighted by molar-refractivity contribution is -0.118. The molecule has 1 N–H and O–H groups in total. The Labute approximate surface area is 171 Å². The number of hydrogen-bond donors (Lipinski definition) is 1. The van der Waals surface area contributed by atoms with E-state index in [4.69, 9.17) is 0 Å². The van der Waals surface area contributed by atoms with Gasteiger partial charge in [0.25, 0.3) is 5.91 Å². The van der Waals surface area contributed by atoms with Gasteiger partial charge in [-0.2, -0.15) is 0 Å². The lowest BCUT2D eigenvalue weighted by Gasteiger charge is -2.17. The van der Waals surface area contributed by atoms with Crippen LogP contribution >= 0.6 is 0 Å². The Hall–Kier alpha value is -3.47. The fourth-order valence-corrected chi connectivity index (χ4v) is 3.00.